The van der Waals surface area contributed by atoms with Crippen molar-refractivity contribution in [3.05, 3.63) is 61.9 Å². The Hall–Kier alpha value is -2.71. The number of benzene rings is 2. The Morgan fingerprint density at radius 2 is 2.11 bits per heavy atom. The van der Waals surface area contributed by atoms with Gasteiger partial charge in [0.25, 0.3) is 11.6 Å². The number of halogens is 1. The number of hydrogen-bond donors (Lipinski definition) is 0. The van der Waals surface area contributed by atoms with Gasteiger partial charge in [0.1, 0.15) is 11.3 Å². The van der Waals surface area contributed by atoms with Crippen molar-refractivity contribution in [2.75, 3.05) is 7.11 Å². The van der Waals surface area contributed by atoms with Crippen molar-refractivity contribution >= 4 is 44.7 Å². The van der Waals surface area contributed by atoms with Crippen LogP contribution in [0.1, 0.15) is 23.7 Å². The van der Waals surface area contributed by atoms with Crippen molar-refractivity contribution in [3.8, 4) is 5.75 Å². The number of fused-ring (bicyclic) bond motifs is 1. The fraction of sp³-hybridized carbons (Fsp3) is 0.222. The van der Waals surface area contributed by atoms with Gasteiger partial charge in [-0.15, -0.1) is 0 Å². The number of methoxy groups -OCH3 is 1. The molecule has 9 heteroatoms. The second kappa shape index (κ2) is 7.89. The first-order chi connectivity index (χ1) is 12.9. The molecule has 0 atom stereocenters. The maximum atomic E-state index is 12.7. The van der Waals surface area contributed by atoms with Gasteiger partial charge in [0.2, 0.25) is 0 Å². The van der Waals surface area contributed by atoms with Crippen LogP contribution in [0.4, 0.5) is 5.69 Å². The predicted octanol–water partition coefficient (Wildman–Crippen LogP) is 4.42. The third-order valence-electron chi connectivity index (χ3n) is 3.92. The number of carbonyl (C=O) groups is 1. The van der Waals surface area contributed by atoms with Gasteiger partial charge in [-0.2, -0.15) is 4.99 Å². The van der Waals surface area contributed by atoms with Crippen molar-refractivity contribution in [3.63, 3.8) is 0 Å². The van der Waals surface area contributed by atoms with Gasteiger partial charge in [0.15, 0.2) is 4.80 Å². The number of amides is 1. The zero-order valence-corrected chi connectivity index (χ0v) is 16.2. The monoisotopic (exact) mass is 405 g/mol. The Morgan fingerprint density at radius 1 is 1.33 bits per heavy atom. The third-order valence-corrected chi connectivity index (χ3v) is 5.21. The number of aromatic nitrogens is 1. The number of nitrogens with zero attached hydrogens (tertiary/aromatic N) is 3. The zero-order valence-electron chi connectivity index (χ0n) is 14.6. The number of thiazole rings is 1. The van der Waals surface area contributed by atoms with Gasteiger partial charge < -0.3 is 9.30 Å². The normalized spacial score (nSPS) is 11.7. The third kappa shape index (κ3) is 3.86. The van der Waals surface area contributed by atoms with E-state index < -0.39 is 10.8 Å². The first-order valence-corrected chi connectivity index (χ1v) is 9.34. The lowest BCUT2D eigenvalue weighted by molar-refractivity contribution is -0.385. The van der Waals surface area contributed by atoms with E-state index in [9.17, 15) is 14.9 Å². The highest BCUT2D eigenvalue weighted by Crippen LogP contribution is 2.25. The Kier molecular flexibility index (Phi) is 5.57. The van der Waals surface area contributed by atoms with Crippen LogP contribution in [0.5, 0.6) is 5.75 Å². The molecule has 0 aliphatic heterocycles. The molecule has 3 rings (SSSR count). The zero-order chi connectivity index (χ0) is 19.6. The number of nitro benzene ring substituents is 1. The van der Waals surface area contributed by atoms with E-state index in [4.69, 9.17) is 16.3 Å². The molecular formula is C18H16ClN3O4S. The first kappa shape index (κ1) is 19.1. The summed E-state index contributed by atoms with van der Waals surface area (Å²) in [5, 5.41) is 11.5. The predicted molar refractivity (Wildman–Crippen MR) is 105 cm³/mol. The Bertz CT molecular complexity index is 1100. The van der Waals surface area contributed by atoms with E-state index in [1.807, 2.05) is 29.7 Å². The molecule has 1 aromatic heterocycles. The van der Waals surface area contributed by atoms with E-state index in [0.29, 0.717) is 17.1 Å². The molecule has 0 saturated heterocycles. The number of aryl methyl sites for hydroxylation is 1. The second-order valence-corrected chi connectivity index (χ2v) is 7.15. The number of ether oxygens (including phenoxy) is 1. The molecule has 2 aromatic carbocycles. The van der Waals surface area contributed by atoms with Gasteiger partial charge in [0, 0.05) is 23.7 Å². The Balaban J connectivity index is 2.18. The molecule has 1 amide bonds. The molecule has 1 heterocycles. The first-order valence-electron chi connectivity index (χ1n) is 8.15. The van der Waals surface area contributed by atoms with Crippen LogP contribution < -0.4 is 9.54 Å². The molecule has 0 unspecified atom stereocenters. The van der Waals surface area contributed by atoms with E-state index in [1.54, 1.807) is 7.11 Å². The molecule has 0 aliphatic carbocycles. The summed E-state index contributed by atoms with van der Waals surface area (Å²) in [5.74, 6) is 0.00100. The lowest BCUT2D eigenvalue weighted by Crippen LogP contribution is -2.17. The molecule has 0 spiro atoms. The summed E-state index contributed by atoms with van der Waals surface area (Å²) in [6.45, 7) is 2.67. The number of rotatable bonds is 5. The molecule has 0 saturated carbocycles. The number of carbonyl (C=O) groups excluding carboxylic acids is 1. The molecule has 3 aromatic rings. The maximum Gasteiger partial charge on any atom is 0.286 e. The minimum atomic E-state index is -0.701. The van der Waals surface area contributed by atoms with E-state index in [2.05, 4.69) is 4.99 Å². The van der Waals surface area contributed by atoms with Crippen LogP contribution in [-0.2, 0) is 6.54 Å². The minimum absolute atomic E-state index is 0.134. The number of hydrogen-bond acceptors (Lipinski definition) is 5. The van der Waals surface area contributed by atoms with E-state index in [1.165, 1.54) is 29.5 Å². The van der Waals surface area contributed by atoms with Crippen LogP contribution in [0.25, 0.3) is 10.2 Å². The summed E-state index contributed by atoms with van der Waals surface area (Å²) < 4.78 is 8.13. The minimum Gasteiger partial charge on any atom is -0.497 e. The van der Waals surface area contributed by atoms with Crippen LogP contribution in [0.2, 0.25) is 5.02 Å². The lowest BCUT2D eigenvalue weighted by atomic mass is 10.2. The second-order valence-electron chi connectivity index (χ2n) is 5.71. The Labute approximate surface area is 163 Å². The average molecular weight is 406 g/mol. The van der Waals surface area contributed by atoms with E-state index in [-0.39, 0.29) is 16.3 Å². The SMILES string of the molecule is CCCn1c(=NC(=O)c2cc(Cl)ccc2[N+](=O)[O-])sc2ccc(OC)cc21. The highest BCUT2D eigenvalue weighted by atomic mass is 35.5. The molecule has 0 radical (unpaired) electrons. The fourth-order valence-electron chi connectivity index (χ4n) is 2.69. The van der Waals surface area contributed by atoms with Gasteiger partial charge in [-0.1, -0.05) is 29.9 Å². The van der Waals surface area contributed by atoms with Crippen LogP contribution >= 0.6 is 22.9 Å². The van der Waals surface area contributed by atoms with Crippen molar-refractivity contribution in [2.24, 2.45) is 4.99 Å². The van der Waals surface area contributed by atoms with Gasteiger partial charge in [-0.05, 0) is 30.7 Å². The van der Waals surface area contributed by atoms with Crippen LogP contribution in [0.15, 0.2) is 41.4 Å². The molecule has 27 heavy (non-hydrogen) atoms. The van der Waals surface area contributed by atoms with Gasteiger partial charge in [-0.25, -0.2) is 0 Å². The summed E-state index contributed by atoms with van der Waals surface area (Å²) in [7, 11) is 1.59. The van der Waals surface area contributed by atoms with Crippen LogP contribution in [0, 0.1) is 10.1 Å². The average Bonchev–Trinajstić information content (AvgIpc) is 2.98. The molecule has 0 N–H and O–H groups in total. The van der Waals surface area contributed by atoms with Gasteiger partial charge in [-0.3, -0.25) is 14.9 Å². The van der Waals surface area contributed by atoms with Crippen molar-refractivity contribution in [1.82, 2.24) is 4.57 Å². The van der Waals surface area contributed by atoms with Gasteiger partial charge in [0.05, 0.1) is 22.2 Å². The van der Waals surface area contributed by atoms with Crippen LogP contribution in [-0.4, -0.2) is 22.5 Å². The molecule has 140 valence electrons. The summed E-state index contributed by atoms with van der Waals surface area (Å²) in [6, 6.07) is 9.47. The Morgan fingerprint density at radius 3 is 2.78 bits per heavy atom. The van der Waals surface area contributed by atoms with Gasteiger partial charge >= 0.3 is 0 Å². The van der Waals surface area contributed by atoms with E-state index in [0.717, 1.165) is 16.6 Å². The summed E-state index contributed by atoms with van der Waals surface area (Å²) in [4.78, 5) is 27.9. The van der Waals surface area contributed by atoms with Crippen molar-refractivity contribution in [1.29, 1.82) is 0 Å². The number of nitro groups is 1. The van der Waals surface area contributed by atoms with Crippen LogP contribution in [0.3, 0.4) is 0 Å². The standard InChI is InChI=1S/C18H16ClN3O4S/c1-3-8-21-15-10-12(26-2)5-7-16(15)27-18(21)20-17(23)13-9-11(19)4-6-14(13)22(24)25/h4-7,9-10H,3,8H2,1-2H3. The highest BCUT2D eigenvalue weighted by molar-refractivity contribution is 7.16. The topological polar surface area (TPSA) is 86.7 Å². The van der Waals surface area contributed by atoms with Crippen molar-refractivity contribution < 1.29 is 14.5 Å². The van der Waals surface area contributed by atoms with Crippen molar-refractivity contribution in [2.45, 2.75) is 19.9 Å². The molecule has 7 nitrogen and oxygen atoms in total. The lowest BCUT2D eigenvalue weighted by Gasteiger charge is -2.04. The summed E-state index contributed by atoms with van der Waals surface area (Å²) in [6.07, 6.45) is 0.835. The quantitative estimate of drug-likeness (QED) is 0.464. The highest BCUT2D eigenvalue weighted by Gasteiger charge is 2.20. The largest absolute Gasteiger partial charge is 0.497 e. The molecule has 0 aliphatic rings. The summed E-state index contributed by atoms with van der Waals surface area (Å²) >= 11 is 7.26. The fourth-order valence-corrected chi connectivity index (χ4v) is 3.89. The molecule has 0 bridgehead atoms. The van der Waals surface area contributed by atoms with E-state index >= 15 is 0 Å². The molecule has 0 fully saturated rings. The smallest absolute Gasteiger partial charge is 0.286 e. The molecular weight excluding hydrogens is 390 g/mol. The summed E-state index contributed by atoms with van der Waals surface area (Å²) in [5.41, 5.74) is 0.442. The maximum absolute atomic E-state index is 12.7.